The van der Waals surface area contributed by atoms with Gasteiger partial charge in [-0.05, 0) is 58.9 Å². The Bertz CT molecular complexity index is 1070. The molecule has 2 heteroatoms. The molecule has 166 valence electrons. The number of aryl methyl sites for hydroxylation is 1. The Balaban J connectivity index is 1.32. The summed E-state index contributed by atoms with van der Waals surface area (Å²) in [7, 11) is 0. The summed E-state index contributed by atoms with van der Waals surface area (Å²) in [6.45, 7) is 2.29. The van der Waals surface area contributed by atoms with Gasteiger partial charge in [-0.3, -0.25) is 0 Å². The van der Waals surface area contributed by atoms with Crippen molar-refractivity contribution in [2.45, 2.75) is 71.1 Å². The van der Waals surface area contributed by atoms with Crippen LogP contribution in [0.2, 0.25) is 0 Å². The predicted octanol–water partition coefficient (Wildman–Crippen LogP) is 8.84. The number of rotatable bonds is 8. The highest BCUT2D eigenvalue weighted by Crippen LogP contribution is 2.34. The van der Waals surface area contributed by atoms with E-state index in [1.165, 1.54) is 63.4 Å². The monoisotopic (exact) mass is 427 g/mol. The summed E-state index contributed by atoms with van der Waals surface area (Å²) in [5, 5.41) is 10.4. The Morgan fingerprint density at radius 2 is 1.53 bits per heavy atom. The van der Waals surface area contributed by atoms with Crippen LogP contribution in [0.15, 0.2) is 54.6 Å². The maximum Gasteiger partial charge on any atom is 0.148 e. The van der Waals surface area contributed by atoms with Crippen molar-refractivity contribution in [2.24, 2.45) is 11.8 Å². The first-order chi connectivity index (χ1) is 15.7. The van der Waals surface area contributed by atoms with Gasteiger partial charge >= 0.3 is 0 Å². The lowest BCUT2D eigenvalue weighted by Crippen LogP contribution is -2.15. The minimum absolute atomic E-state index is 0.0968. The topological polar surface area (TPSA) is 23.8 Å². The molecule has 1 aliphatic rings. The third-order valence-corrected chi connectivity index (χ3v) is 7.39. The quantitative estimate of drug-likeness (QED) is 0.329. The molecule has 1 saturated carbocycles. The van der Waals surface area contributed by atoms with Gasteiger partial charge < -0.3 is 0 Å². The van der Waals surface area contributed by atoms with E-state index in [1.807, 2.05) is 24.3 Å². The molecule has 3 aromatic rings. The minimum Gasteiger partial charge on any atom is -0.205 e. The van der Waals surface area contributed by atoms with Gasteiger partial charge in [0.05, 0.1) is 5.56 Å². The second-order valence-corrected chi connectivity index (χ2v) is 9.59. The number of nitrogens with zero attached hydrogens (tertiary/aromatic N) is 1. The van der Waals surface area contributed by atoms with Crippen LogP contribution < -0.4 is 0 Å². The van der Waals surface area contributed by atoms with E-state index in [2.05, 4.69) is 31.2 Å². The molecular formula is C30H34FN. The molecule has 0 aliphatic heterocycles. The molecule has 0 N–H and O–H groups in total. The maximum absolute atomic E-state index is 14.4. The van der Waals surface area contributed by atoms with Gasteiger partial charge in [0.1, 0.15) is 11.9 Å². The molecule has 4 rings (SSSR count). The van der Waals surface area contributed by atoms with Crippen LogP contribution in [-0.4, -0.2) is 0 Å². The van der Waals surface area contributed by atoms with Crippen molar-refractivity contribution in [3.8, 4) is 17.2 Å². The molecule has 0 atom stereocenters. The van der Waals surface area contributed by atoms with Crippen LogP contribution in [0.25, 0.3) is 21.9 Å². The second-order valence-electron chi connectivity index (χ2n) is 9.59. The van der Waals surface area contributed by atoms with Gasteiger partial charge in [0.15, 0.2) is 0 Å². The number of hydrogen-bond acceptors (Lipinski definition) is 1. The van der Waals surface area contributed by atoms with Crippen molar-refractivity contribution in [3.05, 3.63) is 71.5 Å². The summed E-state index contributed by atoms with van der Waals surface area (Å²) in [6.07, 6.45) is 13.8. The standard InChI is InChI=1S/C30H34FN/c1-2-3-4-5-22-6-8-23(9-7-22)10-11-24-12-14-25(15-13-24)26-18-19-29-27(20-26)16-17-28(21-32)30(29)31/h12-20,22-23H,2-11H2,1H3. The number of nitriles is 1. The molecule has 1 aliphatic carbocycles. The van der Waals surface area contributed by atoms with Crippen molar-refractivity contribution >= 4 is 10.8 Å². The molecule has 0 radical (unpaired) electrons. The van der Waals surface area contributed by atoms with E-state index >= 15 is 0 Å². The molecule has 0 spiro atoms. The molecule has 3 aromatic carbocycles. The van der Waals surface area contributed by atoms with Gasteiger partial charge in [0.2, 0.25) is 0 Å². The lowest BCUT2D eigenvalue weighted by molar-refractivity contribution is 0.249. The number of hydrogen-bond donors (Lipinski definition) is 0. The van der Waals surface area contributed by atoms with Crippen LogP contribution in [0.1, 0.15) is 75.8 Å². The molecule has 0 unspecified atom stereocenters. The molecule has 32 heavy (non-hydrogen) atoms. The molecule has 0 saturated heterocycles. The normalized spacial score (nSPS) is 18.5. The molecule has 0 bridgehead atoms. The van der Waals surface area contributed by atoms with Crippen LogP contribution >= 0.6 is 0 Å². The lowest BCUT2D eigenvalue weighted by atomic mass is 9.78. The summed E-state index contributed by atoms with van der Waals surface area (Å²) in [4.78, 5) is 0. The maximum atomic E-state index is 14.4. The first kappa shape index (κ1) is 22.5. The zero-order chi connectivity index (χ0) is 22.3. The Morgan fingerprint density at radius 3 is 2.22 bits per heavy atom. The van der Waals surface area contributed by atoms with E-state index in [4.69, 9.17) is 5.26 Å². The summed E-state index contributed by atoms with van der Waals surface area (Å²) in [5.74, 6) is 1.45. The van der Waals surface area contributed by atoms with Crippen molar-refractivity contribution in [1.82, 2.24) is 0 Å². The Kier molecular flexibility index (Phi) is 7.59. The fraction of sp³-hybridized carbons (Fsp3) is 0.433. The third kappa shape index (κ3) is 5.39. The smallest absolute Gasteiger partial charge is 0.148 e. The summed E-state index contributed by atoms with van der Waals surface area (Å²) in [5.41, 5.74) is 3.73. The van der Waals surface area contributed by atoms with E-state index in [0.29, 0.717) is 5.39 Å². The first-order valence-corrected chi connectivity index (χ1v) is 12.4. The number of benzene rings is 3. The highest BCUT2D eigenvalue weighted by molar-refractivity contribution is 5.88. The molecule has 0 heterocycles. The van der Waals surface area contributed by atoms with E-state index in [9.17, 15) is 4.39 Å². The molecule has 1 fully saturated rings. The van der Waals surface area contributed by atoms with Gasteiger partial charge in [0, 0.05) is 5.39 Å². The number of fused-ring (bicyclic) bond motifs is 1. The Morgan fingerprint density at radius 1 is 0.844 bits per heavy atom. The number of unbranched alkanes of at least 4 members (excludes halogenated alkanes) is 2. The van der Waals surface area contributed by atoms with Crippen molar-refractivity contribution < 1.29 is 4.39 Å². The van der Waals surface area contributed by atoms with E-state index in [0.717, 1.165) is 34.8 Å². The van der Waals surface area contributed by atoms with Crippen molar-refractivity contribution in [3.63, 3.8) is 0 Å². The van der Waals surface area contributed by atoms with Gasteiger partial charge in [-0.2, -0.15) is 5.26 Å². The van der Waals surface area contributed by atoms with Crippen LogP contribution in [-0.2, 0) is 6.42 Å². The van der Waals surface area contributed by atoms with Crippen LogP contribution in [0.3, 0.4) is 0 Å². The summed E-state index contributed by atoms with van der Waals surface area (Å²) in [6, 6.07) is 19.9. The zero-order valence-corrected chi connectivity index (χ0v) is 19.2. The van der Waals surface area contributed by atoms with E-state index < -0.39 is 5.82 Å². The van der Waals surface area contributed by atoms with Crippen molar-refractivity contribution in [2.75, 3.05) is 0 Å². The van der Waals surface area contributed by atoms with Crippen molar-refractivity contribution in [1.29, 1.82) is 5.26 Å². The first-order valence-electron chi connectivity index (χ1n) is 12.4. The van der Waals surface area contributed by atoms with Crippen LogP contribution in [0.4, 0.5) is 4.39 Å². The molecule has 0 amide bonds. The molecule has 0 aromatic heterocycles. The predicted molar refractivity (Wildman–Crippen MR) is 132 cm³/mol. The van der Waals surface area contributed by atoms with E-state index in [1.54, 1.807) is 12.1 Å². The molecule has 1 nitrogen and oxygen atoms in total. The van der Waals surface area contributed by atoms with Gasteiger partial charge in [-0.25, -0.2) is 4.39 Å². The highest BCUT2D eigenvalue weighted by atomic mass is 19.1. The van der Waals surface area contributed by atoms with Gasteiger partial charge in [0.25, 0.3) is 0 Å². The average molecular weight is 428 g/mol. The molecular weight excluding hydrogens is 393 g/mol. The SMILES string of the molecule is CCCCCC1CCC(CCc2ccc(-c3ccc4c(F)c(C#N)ccc4c3)cc2)CC1. The lowest BCUT2D eigenvalue weighted by Gasteiger charge is -2.28. The minimum atomic E-state index is -0.429. The van der Waals surface area contributed by atoms with Gasteiger partial charge in [-0.1, -0.05) is 101 Å². The fourth-order valence-electron chi connectivity index (χ4n) is 5.28. The third-order valence-electron chi connectivity index (χ3n) is 7.39. The van der Waals surface area contributed by atoms with E-state index in [-0.39, 0.29) is 5.56 Å². The van der Waals surface area contributed by atoms with Crippen LogP contribution in [0.5, 0.6) is 0 Å². The highest BCUT2D eigenvalue weighted by Gasteiger charge is 2.20. The van der Waals surface area contributed by atoms with Gasteiger partial charge in [-0.15, -0.1) is 0 Å². The van der Waals surface area contributed by atoms with Crippen LogP contribution in [0, 0.1) is 29.0 Å². The zero-order valence-electron chi connectivity index (χ0n) is 19.2. The fourth-order valence-corrected chi connectivity index (χ4v) is 5.28. The Labute approximate surface area is 192 Å². The second kappa shape index (κ2) is 10.8. The Hall–Kier alpha value is -2.66. The largest absolute Gasteiger partial charge is 0.205 e. The average Bonchev–Trinajstić information content (AvgIpc) is 2.84. The summed E-state index contributed by atoms with van der Waals surface area (Å²) >= 11 is 0. The number of halogens is 1. The summed E-state index contributed by atoms with van der Waals surface area (Å²) < 4.78 is 14.4.